The van der Waals surface area contributed by atoms with Gasteiger partial charge in [-0.3, -0.25) is 0 Å². The van der Waals surface area contributed by atoms with E-state index in [-0.39, 0.29) is 0 Å². The summed E-state index contributed by atoms with van der Waals surface area (Å²) in [5.74, 6) is 0.310. The van der Waals surface area contributed by atoms with Crippen molar-refractivity contribution in [2.45, 2.75) is 6.54 Å². The van der Waals surface area contributed by atoms with Crippen LogP contribution in [0.4, 0.5) is 0 Å². The van der Waals surface area contributed by atoms with Crippen molar-refractivity contribution in [1.29, 1.82) is 0 Å². The molecule has 0 spiro atoms. The summed E-state index contributed by atoms with van der Waals surface area (Å²) in [4.78, 5) is 2.07. The highest BCUT2D eigenvalue weighted by molar-refractivity contribution is 5.69. The van der Waals surface area contributed by atoms with Crippen molar-refractivity contribution in [1.82, 2.24) is 4.90 Å². The molecule has 0 saturated heterocycles. The van der Waals surface area contributed by atoms with E-state index in [9.17, 15) is 5.11 Å². The topological polar surface area (TPSA) is 23.5 Å². The maximum absolute atomic E-state index is 9.24. The highest BCUT2D eigenvalue weighted by atomic mass is 16.3. The monoisotopic (exact) mass is 161 g/mol. The lowest BCUT2D eigenvalue weighted by Gasteiger charge is -2.10. The summed E-state index contributed by atoms with van der Waals surface area (Å²) in [6.45, 7) is 4.83. The molecule has 0 bridgehead atoms. The zero-order chi connectivity index (χ0) is 8.72. The third-order valence-corrected chi connectivity index (χ3v) is 2.27. The Hall–Kier alpha value is -1.44. The van der Waals surface area contributed by atoms with Crippen LogP contribution in [-0.2, 0) is 6.54 Å². The van der Waals surface area contributed by atoms with Crippen LogP contribution in [0.25, 0.3) is 5.70 Å². The highest BCUT2D eigenvalue weighted by Gasteiger charge is 2.18. The van der Waals surface area contributed by atoms with Crippen LogP contribution in [0, 0.1) is 0 Å². The van der Waals surface area contributed by atoms with Gasteiger partial charge >= 0.3 is 0 Å². The fourth-order valence-electron chi connectivity index (χ4n) is 1.53. The Bertz CT molecular complexity index is 344. The number of nitrogens with zero attached hydrogens (tertiary/aromatic N) is 1. The van der Waals surface area contributed by atoms with E-state index >= 15 is 0 Å². The van der Waals surface area contributed by atoms with Gasteiger partial charge in [0.2, 0.25) is 0 Å². The molecule has 12 heavy (non-hydrogen) atoms. The molecule has 0 unspecified atom stereocenters. The van der Waals surface area contributed by atoms with Gasteiger partial charge in [-0.05, 0) is 17.7 Å². The second-order valence-electron chi connectivity index (χ2n) is 3.14. The lowest BCUT2D eigenvalue weighted by Crippen LogP contribution is -2.05. The minimum absolute atomic E-state index is 0.310. The number of phenols is 1. The van der Waals surface area contributed by atoms with Crippen molar-refractivity contribution in [3.8, 4) is 5.75 Å². The first-order valence-electron chi connectivity index (χ1n) is 3.91. The quantitative estimate of drug-likeness (QED) is 0.627. The van der Waals surface area contributed by atoms with Crippen LogP contribution in [0.15, 0.2) is 24.8 Å². The van der Waals surface area contributed by atoms with E-state index in [0.717, 1.165) is 17.8 Å². The molecule has 0 radical (unpaired) electrons. The molecule has 0 amide bonds. The van der Waals surface area contributed by atoms with Gasteiger partial charge in [0.05, 0.1) is 0 Å². The Labute approximate surface area is 71.7 Å². The summed E-state index contributed by atoms with van der Waals surface area (Å²) in [7, 11) is 2.00. The molecular formula is C10H11NO. The second-order valence-corrected chi connectivity index (χ2v) is 3.14. The van der Waals surface area contributed by atoms with E-state index < -0.39 is 0 Å². The molecule has 1 N–H and O–H groups in total. The summed E-state index contributed by atoms with van der Waals surface area (Å²) in [6, 6.07) is 5.42. The summed E-state index contributed by atoms with van der Waals surface area (Å²) >= 11 is 0. The van der Waals surface area contributed by atoms with Gasteiger partial charge in [0.15, 0.2) is 0 Å². The van der Waals surface area contributed by atoms with Crippen LogP contribution in [0.3, 0.4) is 0 Å². The van der Waals surface area contributed by atoms with Crippen molar-refractivity contribution in [2.75, 3.05) is 7.05 Å². The van der Waals surface area contributed by atoms with E-state index in [1.807, 2.05) is 13.1 Å². The van der Waals surface area contributed by atoms with Crippen LogP contribution in [0.2, 0.25) is 0 Å². The lowest BCUT2D eigenvalue weighted by molar-refractivity contribution is 0.475. The number of phenolic OH excluding ortho intramolecular Hbond substituents is 1. The summed E-state index contributed by atoms with van der Waals surface area (Å²) in [6.07, 6.45) is 0. The van der Waals surface area contributed by atoms with E-state index in [0.29, 0.717) is 5.75 Å². The van der Waals surface area contributed by atoms with Crippen molar-refractivity contribution >= 4 is 5.70 Å². The molecule has 1 aliphatic rings. The first-order chi connectivity index (χ1) is 5.68. The van der Waals surface area contributed by atoms with Gasteiger partial charge in [-0.1, -0.05) is 12.6 Å². The van der Waals surface area contributed by atoms with Gasteiger partial charge in [0, 0.05) is 24.9 Å². The molecular weight excluding hydrogens is 150 g/mol. The standard InChI is InChI=1S/C10H11NO/c1-7-10-5-9(12)4-3-8(10)6-11(7)2/h3-5,12H,1,6H2,2H3. The normalized spacial score (nSPS) is 15.1. The molecule has 0 aliphatic carbocycles. The van der Waals surface area contributed by atoms with Gasteiger partial charge in [-0.2, -0.15) is 0 Å². The Morgan fingerprint density at radius 3 is 3.00 bits per heavy atom. The number of rotatable bonds is 0. The van der Waals surface area contributed by atoms with Crippen LogP contribution in [0.5, 0.6) is 5.75 Å². The summed E-state index contributed by atoms with van der Waals surface area (Å²) in [5, 5.41) is 9.24. The molecule has 0 atom stereocenters. The van der Waals surface area contributed by atoms with Crippen molar-refractivity contribution in [3.63, 3.8) is 0 Å². The first kappa shape index (κ1) is 7.22. The molecule has 62 valence electrons. The molecule has 1 aliphatic heterocycles. The van der Waals surface area contributed by atoms with Gasteiger partial charge in [0.1, 0.15) is 5.75 Å². The Balaban J connectivity index is 2.56. The second kappa shape index (κ2) is 2.27. The van der Waals surface area contributed by atoms with Crippen LogP contribution >= 0.6 is 0 Å². The predicted molar refractivity (Wildman–Crippen MR) is 48.6 cm³/mol. The predicted octanol–water partition coefficient (Wildman–Crippen LogP) is 1.81. The summed E-state index contributed by atoms with van der Waals surface area (Å²) in [5.41, 5.74) is 3.29. The maximum atomic E-state index is 9.24. The Kier molecular flexibility index (Phi) is 1.37. The molecule has 2 heteroatoms. The minimum Gasteiger partial charge on any atom is -0.508 e. The van der Waals surface area contributed by atoms with Crippen LogP contribution in [-0.4, -0.2) is 17.1 Å². The minimum atomic E-state index is 0.310. The van der Waals surface area contributed by atoms with Crippen LogP contribution in [0.1, 0.15) is 11.1 Å². The SMILES string of the molecule is C=C1c2cc(O)ccc2CN1C. The highest BCUT2D eigenvalue weighted by Crippen LogP contribution is 2.31. The average Bonchev–Trinajstić information content (AvgIpc) is 2.31. The summed E-state index contributed by atoms with van der Waals surface area (Å²) < 4.78 is 0. The molecule has 1 aromatic carbocycles. The molecule has 1 heterocycles. The number of hydrogen-bond acceptors (Lipinski definition) is 2. The molecule has 0 saturated carbocycles. The maximum Gasteiger partial charge on any atom is 0.116 e. The zero-order valence-corrected chi connectivity index (χ0v) is 7.04. The van der Waals surface area contributed by atoms with Crippen molar-refractivity contribution < 1.29 is 5.11 Å². The van der Waals surface area contributed by atoms with E-state index in [1.54, 1.807) is 12.1 Å². The van der Waals surface area contributed by atoms with Crippen molar-refractivity contribution in [2.24, 2.45) is 0 Å². The molecule has 2 rings (SSSR count). The van der Waals surface area contributed by atoms with E-state index in [1.165, 1.54) is 5.56 Å². The van der Waals surface area contributed by atoms with Gasteiger partial charge in [0.25, 0.3) is 0 Å². The number of aromatic hydroxyl groups is 1. The van der Waals surface area contributed by atoms with Gasteiger partial charge < -0.3 is 10.0 Å². The smallest absolute Gasteiger partial charge is 0.116 e. The van der Waals surface area contributed by atoms with E-state index in [2.05, 4.69) is 11.5 Å². The van der Waals surface area contributed by atoms with Crippen LogP contribution < -0.4 is 0 Å². The third-order valence-electron chi connectivity index (χ3n) is 2.27. The fourth-order valence-corrected chi connectivity index (χ4v) is 1.53. The van der Waals surface area contributed by atoms with Crippen molar-refractivity contribution in [3.05, 3.63) is 35.9 Å². The number of hydrogen-bond donors (Lipinski definition) is 1. The Morgan fingerprint density at radius 1 is 1.50 bits per heavy atom. The third kappa shape index (κ3) is 0.881. The Morgan fingerprint density at radius 2 is 2.25 bits per heavy atom. The molecule has 2 nitrogen and oxygen atoms in total. The molecule has 1 aromatic rings. The largest absolute Gasteiger partial charge is 0.508 e. The molecule has 0 fully saturated rings. The van der Waals surface area contributed by atoms with Gasteiger partial charge in [-0.15, -0.1) is 0 Å². The molecule has 0 aromatic heterocycles. The van der Waals surface area contributed by atoms with Gasteiger partial charge in [-0.25, -0.2) is 0 Å². The first-order valence-corrected chi connectivity index (χ1v) is 3.91. The average molecular weight is 161 g/mol. The fraction of sp³-hybridized carbons (Fsp3) is 0.200. The number of benzene rings is 1. The zero-order valence-electron chi connectivity index (χ0n) is 7.04. The van der Waals surface area contributed by atoms with E-state index in [4.69, 9.17) is 0 Å². The lowest BCUT2D eigenvalue weighted by atomic mass is 10.1. The number of fused-ring (bicyclic) bond motifs is 1.